The van der Waals surface area contributed by atoms with E-state index < -0.39 is 0 Å². The summed E-state index contributed by atoms with van der Waals surface area (Å²) in [5.74, 6) is 0. The second-order valence-electron chi connectivity index (χ2n) is 27.4. The fourth-order valence-corrected chi connectivity index (χ4v) is 16.2. The molecule has 0 unspecified atom stereocenters. The average Bonchev–Trinajstić information content (AvgIpc) is 1.61. The van der Waals surface area contributed by atoms with Crippen LogP contribution in [0.15, 0.2) is 412 Å². The van der Waals surface area contributed by atoms with Gasteiger partial charge >= 0.3 is 0 Å². The third kappa shape index (κ3) is 10.9. The molecule has 4 heteroatoms. The largest absolute Gasteiger partial charge is 0.309 e. The summed E-state index contributed by atoms with van der Waals surface area (Å²) in [5, 5.41) is 9.47. The van der Waals surface area contributed by atoms with Crippen LogP contribution in [0.25, 0.3) is 188 Å². The number of aromatic nitrogens is 4. The second-order valence-corrected chi connectivity index (χ2v) is 27.4. The van der Waals surface area contributed by atoms with Crippen LogP contribution >= 0.6 is 0 Å². The molecule has 4 heterocycles. The second kappa shape index (κ2) is 26.1. The van der Waals surface area contributed by atoms with E-state index in [-0.39, 0.29) is 0 Å². The van der Waals surface area contributed by atoms with Crippen molar-refractivity contribution < 1.29 is 2.74 Å². The molecule has 0 aliphatic heterocycles. The van der Waals surface area contributed by atoms with E-state index in [1.54, 1.807) is 0 Å². The van der Waals surface area contributed by atoms with E-state index in [1.807, 2.05) is 30.3 Å². The molecule has 106 heavy (non-hydrogen) atoms. The van der Waals surface area contributed by atoms with Gasteiger partial charge in [-0.3, -0.25) is 0 Å². The molecular weight excluding hydrogens is 1280 g/mol. The van der Waals surface area contributed by atoms with Crippen molar-refractivity contribution in [2.75, 3.05) is 0 Å². The molecule has 21 aromatic rings. The summed E-state index contributed by atoms with van der Waals surface area (Å²) in [6.45, 7) is 0. The number of benzene rings is 17. The first-order chi connectivity index (χ1) is 53.3. The van der Waals surface area contributed by atoms with Gasteiger partial charge in [0.15, 0.2) is 0 Å². The Hall–Kier alpha value is -14.1. The molecule has 0 saturated heterocycles. The fourth-order valence-electron chi connectivity index (χ4n) is 16.2. The molecule has 4 nitrogen and oxygen atoms in total. The lowest BCUT2D eigenvalue weighted by molar-refractivity contribution is 1.18. The molecule has 0 atom stereocenters. The zero-order valence-electron chi connectivity index (χ0n) is 59.9. The van der Waals surface area contributed by atoms with Crippen LogP contribution in [-0.4, -0.2) is 18.3 Å². The van der Waals surface area contributed by atoms with Gasteiger partial charge in [-0.25, -0.2) is 0 Å². The summed E-state index contributed by atoms with van der Waals surface area (Å²) in [5.41, 5.74) is 30.3. The van der Waals surface area contributed by atoms with Crippen molar-refractivity contribution in [2.45, 2.75) is 0 Å². The van der Waals surface area contributed by atoms with Gasteiger partial charge in [-0.15, -0.1) is 0 Å². The van der Waals surface area contributed by atoms with Crippen LogP contribution < -0.4 is 0 Å². The maximum atomic E-state index is 8.61. The molecular formula is C102H68N4. The molecule has 0 saturated carbocycles. The molecule has 0 N–H and O–H groups in total. The molecule has 0 amide bonds. The normalized spacial score (nSPS) is 11.8. The third-order valence-electron chi connectivity index (χ3n) is 21.3. The topological polar surface area (TPSA) is 19.7 Å². The Bertz CT molecular complexity index is 6740. The molecule has 0 spiro atoms. The van der Waals surface area contributed by atoms with Crippen molar-refractivity contribution in [1.82, 2.24) is 18.3 Å². The number of fused-ring (bicyclic) bond motifs is 12. The molecule has 21 rings (SSSR count). The van der Waals surface area contributed by atoms with E-state index in [1.165, 1.54) is 99.5 Å². The average molecular weight is 1350 g/mol. The summed E-state index contributed by atoms with van der Waals surface area (Å²) in [6.07, 6.45) is 0. The lowest BCUT2D eigenvalue weighted by Crippen LogP contribution is -1.96. The van der Waals surface area contributed by atoms with Crippen LogP contribution in [0.4, 0.5) is 0 Å². The monoisotopic (exact) mass is 1350 g/mol. The van der Waals surface area contributed by atoms with Gasteiger partial charge in [0, 0.05) is 65.8 Å². The van der Waals surface area contributed by atoms with Gasteiger partial charge in [0.25, 0.3) is 0 Å². The first-order valence-corrected chi connectivity index (χ1v) is 36.3. The van der Waals surface area contributed by atoms with Crippen molar-refractivity contribution in [3.63, 3.8) is 0 Å². The summed E-state index contributed by atoms with van der Waals surface area (Å²) >= 11 is 0. The first kappa shape index (κ1) is 59.6. The minimum atomic E-state index is 0.493. The van der Waals surface area contributed by atoms with Crippen LogP contribution in [0.2, 0.25) is 0 Å². The lowest BCUT2D eigenvalue weighted by Gasteiger charge is -2.14. The van der Waals surface area contributed by atoms with Gasteiger partial charge in [0.1, 0.15) is 0 Å². The molecule has 4 aromatic heterocycles. The molecule has 0 radical (unpaired) electrons. The lowest BCUT2D eigenvalue weighted by atomic mass is 9.97. The van der Waals surface area contributed by atoms with Crippen molar-refractivity contribution in [1.29, 1.82) is 0 Å². The maximum Gasteiger partial charge on any atom is 0.0623 e. The zero-order valence-corrected chi connectivity index (χ0v) is 57.9. The Morgan fingerprint density at radius 2 is 0.349 bits per heavy atom. The Balaban J connectivity index is 0.000000144. The van der Waals surface area contributed by atoms with Crippen LogP contribution in [-0.2, 0) is 0 Å². The summed E-state index contributed by atoms with van der Waals surface area (Å²) in [6, 6.07) is 144. The van der Waals surface area contributed by atoms with Gasteiger partial charge in [-0.1, -0.05) is 285 Å². The highest BCUT2D eigenvalue weighted by atomic mass is 15.0. The smallest absolute Gasteiger partial charge is 0.0623 e. The Morgan fingerprint density at radius 1 is 0.132 bits per heavy atom. The van der Waals surface area contributed by atoms with E-state index in [0.717, 1.165) is 88.4 Å². The van der Waals surface area contributed by atoms with Crippen molar-refractivity contribution >= 4 is 87.2 Å². The van der Waals surface area contributed by atoms with Gasteiger partial charge < -0.3 is 18.3 Å². The van der Waals surface area contributed by atoms with Crippen molar-refractivity contribution in [2.24, 2.45) is 0 Å². The maximum absolute atomic E-state index is 8.61. The van der Waals surface area contributed by atoms with Crippen molar-refractivity contribution in [3.8, 4) is 101 Å². The molecule has 0 fully saturated rings. The fraction of sp³-hybridized carbons (Fsp3) is 0. The van der Waals surface area contributed by atoms with E-state index in [0.29, 0.717) is 12.1 Å². The van der Waals surface area contributed by atoms with Gasteiger partial charge in [0.05, 0.1) is 46.9 Å². The van der Waals surface area contributed by atoms with E-state index >= 15 is 0 Å². The zero-order chi connectivity index (χ0) is 71.8. The number of nitrogens with zero attached hydrogens (tertiary/aromatic N) is 4. The van der Waals surface area contributed by atoms with Gasteiger partial charge in [0.2, 0.25) is 0 Å². The summed E-state index contributed by atoms with van der Waals surface area (Å²) in [4.78, 5) is 0. The molecule has 0 bridgehead atoms. The standard InChI is InChI=1S/C54H36N2.C48H32N2/c1-4-14-37(15-5-1)43-32-44(38-16-6-2-7-17-38)34-46(33-43)56-52-23-13-11-21-48(52)50-36-42(29-31-54(50)56)40-26-24-39(25-27-40)41-28-30-53-49(35-41)47-20-10-12-22-51(47)55(53)45-18-8-3-9-19-45;1-3-11-39(12-4-1)49-45-17-9-7-15-41(45)43-31-37(27-29-47(43)49)35-23-19-33(20-24-35)34-21-25-36(26-22-34)38-28-30-48-44(32-38)42-16-8-10-18-46(42)50(48)40-13-5-2-6-14-40/h1-36H;1-32H/i10D,11D;. The minimum Gasteiger partial charge on any atom is -0.309 e. The quantitative estimate of drug-likeness (QED) is 0.123. The SMILES string of the molecule is [2H]c1ccc2c(c1)c1cc(-c3ccc(-c4ccc5c(c4)c4cc([2H])ccc4n5-c4cc(-c5ccccc5)cc(-c5ccccc5)c4)cc3)ccc1n2-c1ccccc1.c1ccc(-n2c3ccccc3c3cc(-c4ccc(-c5ccc(-c6ccc7c(c6)c6ccccc6n7-c6ccccc6)cc5)cc4)ccc32)cc1. The number of para-hydroxylation sites is 7. The number of hydrogen-bond acceptors (Lipinski definition) is 0. The molecule has 17 aromatic carbocycles. The van der Waals surface area contributed by atoms with E-state index in [9.17, 15) is 0 Å². The Labute approximate surface area is 617 Å². The Morgan fingerprint density at radius 3 is 0.660 bits per heavy atom. The summed E-state index contributed by atoms with van der Waals surface area (Å²) < 4.78 is 26.4. The van der Waals surface area contributed by atoms with Crippen LogP contribution in [0.3, 0.4) is 0 Å². The number of rotatable bonds is 11. The van der Waals surface area contributed by atoms with Gasteiger partial charge in [-0.05, 0) is 205 Å². The highest BCUT2D eigenvalue weighted by Gasteiger charge is 2.20. The van der Waals surface area contributed by atoms with Crippen molar-refractivity contribution in [3.05, 3.63) is 412 Å². The predicted octanol–water partition coefficient (Wildman–Crippen LogP) is 27.4. The Kier molecular flexibility index (Phi) is 14.7. The molecule has 496 valence electrons. The first-order valence-electron chi connectivity index (χ1n) is 37.3. The van der Waals surface area contributed by atoms with Crippen LogP contribution in [0, 0.1) is 0 Å². The minimum absolute atomic E-state index is 0.493. The molecule has 0 aliphatic carbocycles. The third-order valence-corrected chi connectivity index (χ3v) is 21.3. The highest BCUT2D eigenvalue weighted by Crippen LogP contribution is 2.42. The highest BCUT2D eigenvalue weighted by molar-refractivity contribution is 6.14. The van der Waals surface area contributed by atoms with E-state index in [4.69, 9.17) is 2.74 Å². The van der Waals surface area contributed by atoms with Crippen LogP contribution in [0.5, 0.6) is 0 Å². The number of hydrogen-bond donors (Lipinski definition) is 0. The van der Waals surface area contributed by atoms with Crippen LogP contribution in [0.1, 0.15) is 2.74 Å². The van der Waals surface area contributed by atoms with E-state index in [2.05, 4.69) is 388 Å². The molecule has 0 aliphatic rings. The summed E-state index contributed by atoms with van der Waals surface area (Å²) in [7, 11) is 0. The predicted molar refractivity (Wildman–Crippen MR) is 448 cm³/mol. The van der Waals surface area contributed by atoms with Gasteiger partial charge in [-0.2, -0.15) is 0 Å².